The molecule has 8 nitrogen and oxygen atoms in total. The van der Waals surface area contributed by atoms with Gasteiger partial charge in [-0.05, 0) is 19.9 Å². The lowest BCUT2D eigenvalue weighted by Gasteiger charge is -2.16. The van der Waals surface area contributed by atoms with Gasteiger partial charge in [-0.1, -0.05) is 6.07 Å². The maximum absolute atomic E-state index is 12.6. The van der Waals surface area contributed by atoms with Gasteiger partial charge in [0.15, 0.2) is 5.82 Å². The number of rotatable bonds is 5. The molecule has 1 aliphatic rings. The van der Waals surface area contributed by atoms with Crippen LogP contribution in [0.25, 0.3) is 0 Å². The lowest BCUT2D eigenvalue weighted by molar-refractivity contribution is -0.274. The van der Waals surface area contributed by atoms with Gasteiger partial charge in [0.2, 0.25) is 5.88 Å². The minimum atomic E-state index is -4.90. The monoisotopic (exact) mass is 430 g/mol. The van der Waals surface area contributed by atoms with Crippen molar-refractivity contribution in [3.05, 3.63) is 36.2 Å². The van der Waals surface area contributed by atoms with Crippen molar-refractivity contribution in [2.75, 3.05) is 4.90 Å². The zero-order valence-electron chi connectivity index (χ0n) is 15.1. The SMILES string of the molecule is CC1(C)NC(=O)N(c2cc(Oc3ccc(CCl)c(OC(F)(F)F)c3)ncn2)C1=O. The topological polar surface area (TPSA) is 93.7 Å². The van der Waals surface area contributed by atoms with Crippen LogP contribution in [-0.2, 0) is 10.7 Å². The number of imide groups is 1. The first-order valence-corrected chi connectivity index (χ1v) is 8.65. The third kappa shape index (κ3) is 4.50. The van der Waals surface area contributed by atoms with Crippen molar-refractivity contribution >= 4 is 29.4 Å². The molecule has 1 N–H and O–H groups in total. The number of nitrogens with one attached hydrogen (secondary N) is 1. The number of ether oxygens (including phenoxy) is 2. The smallest absolute Gasteiger partial charge is 0.439 e. The Morgan fingerprint density at radius 1 is 1.21 bits per heavy atom. The molecule has 0 radical (unpaired) electrons. The Labute approximate surface area is 167 Å². The first-order valence-electron chi connectivity index (χ1n) is 8.11. The van der Waals surface area contributed by atoms with Gasteiger partial charge in [0, 0.05) is 17.7 Å². The molecule has 12 heteroatoms. The Balaban J connectivity index is 1.87. The lowest BCUT2D eigenvalue weighted by atomic mass is 10.1. The summed E-state index contributed by atoms with van der Waals surface area (Å²) in [4.78, 5) is 33.0. The first kappa shape index (κ1) is 20.6. The van der Waals surface area contributed by atoms with Crippen LogP contribution in [0.5, 0.6) is 17.4 Å². The van der Waals surface area contributed by atoms with Crippen molar-refractivity contribution in [2.45, 2.75) is 31.6 Å². The largest absolute Gasteiger partial charge is 0.573 e. The van der Waals surface area contributed by atoms with E-state index in [0.29, 0.717) is 0 Å². The van der Waals surface area contributed by atoms with Crippen molar-refractivity contribution in [1.82, 2.24) is 15.3 Å². The summed E-state index contributed by atoms with van der Waals surface area (Å²) in [7, 11) is 0. The number of halogens is 4. The van der Waals surface area contributed by atoms with Crippen LogP contribution in [0.4, 0.5) is 23.8 Å². The summed E-state index contributed by atoms with van der Waals surface area (Å²) in [6.07, 6.45) is -3.85. The molecule has 154 valence electrons. The number of hydrogen-bond donors (Lipinski definition) is 1. The number of aromatic nitrogens is 2. The van der Waals surface area contributed by atoms with E-state index in [9.17, 15) is 22.8 Å². The molecule has 2 aromatic rings. The van der Waals surface area contributed by atoms with E-state index in [0.717, 1.165) is 17.3 Å². The molecule has 1 fully saturated rings. The fourth-order valence-corrected chi connectivity index (χ4v) is 2.73. The van der Waals surface area contributed by atoms with Gasteiger partial charge in [-0.3, -0.25) is 4.79 Å². The molecule has 0 unspecified atom stereocenters. The summed E-state index contributed by atoms with van der Waals surface area (Å²) >= 11 is 5.63. The molecular weight excluding hydrogens is 417 g/mol. The van der Waals surface area contributed by atoms with Crippen molar-refractivity contribution in [1.29, 1.82) is 0 Å². The van der Waals surface area contributed by atoms with Crippen molar-refractivity contribution in [2.24, 2.45) is 0 Å². The van der Waals surface area contributed by atoms with Gasteiger partial charge in [-0.15, -0.1) is 24.8 Å². The van der Waals surface area contributed by atoms with E-state index < -0.39 is 29.6 Å². The number of nitrogens with zero attached hydrogens (tertiary/aromatic N) is 3. The molecule has 0 aliphatic carbocycles. The molecule has 0 saturated carbocycles. The molecule has 3 rings (SSSR count). The molecule has 0 spiro atoms. The highest BCUT2D eigenvalue weighted by Gasteiger charge is 2.45. The molecule has 1 saturated heterocycles. The number of urea groups is 1. The van der Waals surface area contributed by atoms with E-state index in [4.69, 9.17) is 16.3 Å². The van der Waals surface area contributed by atoms with E-state index in [1.165, 1.54) is 32.0 Å². The molecule has 1 aromatic heterocycles. The maximum atomic E-state index is 12.6. The average molecular weight is 431 g/mol. The highest BCUT2D eigenvalue weighted by Crippen LogP contribution is 2.33. The van der Waals surface area contributed by atoms with Crippen molar-refractivity contribution in [3.8, 4) is 17.4 Å². The molecule has 0 bridgehead atoms. The third-order valence-electron chi connectivity index (χ3n) is 3.85. The van der Waals surface area contributed by atoms with E-state index >= 15 is 0 Å². The second-order valence-corrected chi connectivity index (χ2v) is 6.73. The maximum Gasteiger partial charge on any atom is 0.573 e. The summed E-state index contributed by atoms with van der Waals surface area (Å²) in [5.74, 6) is -1.43. The standard InChI is InChI=1S/C17H14ClF3N4O4/c1-16(2)14(26)25(15(27)24-16)12-6-13(23-8-22-12)28-10-4-3-9(7-18)11(5-10)29-17(19,20)21/h3-6,8H,7H2,1-2H3,(H,24,27). The van der Waals surface area contributed by atoms with E-state index in [1.807, 2.05) is 0 Å². The summed E-state index contributed by atoms with van der Waals surface area (Å²) in [6.45, 7) is 3.07. The van der Waals surface area contributed by atoms with Gasteiger partial charge in [0.25, 0.3) is 5.91 Å². The second-order valence-electron chi connectivity index (χ2n) is 6.46. The number of benzene rings is 1. The average Bonchev–Trinajstić information content (AvgIpc) is 2.81. The molecule has 3 amide bonds. The summed E-state index contributed by atoms with van der Waals surface area (Å²) in [5.41, 5.74) is -0.995. The van der Waals surface area contributed by atoms with Crippen LogP contribution >= 0.6 is 11.6 Å². The summed E-state index contributed by atoms with van der Waals surface area (Å²) in [5, 5.41) is 2.50. The molecule has 0 atom stereocenters. The van der Waals surface area contributed by atoms with Crippen LogP contribution < -0.4 is 19.7 Å². The van der Waals surface area contributed by atoms with Crippen molar-refractivity contribution in [3.63, 3.8) is 0 Å². The van der Waals surface area contributed by atoms with Gasteiger partial charge in [-0.25, -0.2) is 19.7 Å². The van der Waals surface area contributed by atoms with Crippen LogP contribution in [0.2, 0.25) is 0 Å². The number of alkyl halides is 4. The van der Waals surface area contributed by atoms with E-state index in [-0.39, 0.29) is 28.9 Å². The van der Waals surface area contributed by atoms with Crippen LogP contribution in [0.3, 0.4) is 0 Å². The normalized spacial score (nSPS) is 16.0. The predicted octanol–water partition coefficient (Wildman–Crippen LogP) is 3.74. The van der Waals surface area contributed by atoms with E-state index in [1.54, 1.807) is 0 Å². The fraction of sp³-hybridized carbons (Fsp3) is 0.294. The highest BCUT2D eigenvalue weighted by atomic mass is 35.5. The number of amides is 3. The van der Waals surface area contributed by atoms with Crippen molar-refractivity contribution < 1.29 is 32.2 Å². The van der Waals surface area contributed by atoms with E-state index in [2.05, 4.69) is 20.0 Å². The second kappa shape index (κ2) is 7.39. The number of carbonyl (C=O) groups is 2. The summed E-state index contributed by atoms with van der Waals surface area (Å²) < 4.78 is 47.1. The predicted molar refractivity (Wildman–Crippen MR) is 94.9 cm³/mol. The quantitative estimate of drug-likeness (QED) is 0.573. The number of hydrogen-bond acceptors (Lipinski definition) is 6. The van der Waals surface area contributed by atoms with Gasteiger partial charge < -0.3 is 14.8 Å². The molecular formula is C17H14ClF3N4O4. The molecule has 2 heterocycles. The lowest BCUT2D eigenvalue weighted by Crippen LogP contribution is -2.40. The highest BCUT2D eigenvalue weighted by molar-refractivity contribution is 6.22. The Kier molecular flexibility index (Phi) is 5.26. The van der Waals surface area contributed by atoms with Crippen LogP contribution in [0.1, 0.15) is 19.4 Å². The third-order valence-corrected chi connectivity index (χ3v) is 4.14. The van der Waals surface area contributed by atoms with Gasteiger partial charge >= 0.3 is 12.4 Å². The van der Waals surface area contributed by atoms with Crippen LogP contribution in [0.15, 0.2) is 30.6 Å². The minimum absolute atomic E-state index is 0.0275. The molecule has 1 aliphatic heterocycles. The Morgan fingerprint density at radius 2 is 1.93 bits per heavy atom. The number of carbonyl (C=O) groups excluding carboxylic acids is 2. The first-order chi connectivity index (χ1) is 13.5. The zero-order chi connectivity index (χ0) is 21.4. The van der Waals surface area contributed by atoms with Crippen LogP contribution in [0, 0.1) is 0 Å². The van der Waals surface area contributed by atoms with Gasteiger partial charge in [0.1, 0.15) is 23.4 Å². The summed E-state index contributed by atoms with van der Waals surface area (Å²) in [6, 6.07) is 4.23. The zero-order valence-corrected chi connectivity index (χ0v) is 15.8. The van der Waals surface area contributed by atoms with Gasteiger partial charge in [0.05, 0.1) is 5.88 Å². The minimum Gasteiger partial charge on any atom is -0.439 e. The molecule has 29 heavy (non-hydrogen) atoms. The van der Waals surface area contributed by atoms with Gasteiger partial charge in [-0.2, -0.15) is 0 Å². The van der Waals surface area contributed by atoms with Crippen LogP contribution in [-0.4, -0.2) is 33.8 Å². The Morgan fingerprint density at radius 3 is 2.52 bits per heavy atom. The molecule has 1 aromatic carbocycles. The number of anilines is 1. The fourth-order valence-electron chi connectivity index (χ4n) is 2.51. The Hall–Kier alpha value is -3.08. The Bertz CT molecular complexity index is 968.